The summed E-state index contributed by atoms with van der Waals surface area (Å²) in [4.78, 5) is 21.2. The Kier molecular flexibility index (Phi) is 14.6. The van der Waals surface area contributed by atoms with Crippen molar-refractivity contribution in [3.8, 4) is 0 Å². The molecule has 0 N–H and O–H groups in total. The fourth-order valence-corrected chi connectivity index (χ4v) is 2.39. The molecule has 0 aliphatic carbocycles. The molecule has 0 amide bonds. The first-order chi connectivity index (χ1) is 11.0. The van der Waals surface area contributed by atoms with E-state index in [9.17, 15) is 4.79 Å². The van der Waals surface area contributed by atoms with E-state index in [1.807, 2.05) is 0 Å². The van der Waals surface area contributed by atoms with Gasteiger partial charge in [0.1, 0.15) is 13.2 Å². The number of quaternary nitrogens is 1. The maximum atomic E-state index is 11.5. The molecule has 0 fully saturated rings. The fourth-order valence-electron chi connectivity index (χ4n) is 2.39. The Bertz CT molecular complexity index is 274. The first kappa shape index (κ1) is 22.4. The van der Waals surface area contributed by atoms with E-state index in [0.717, 1.165) is 23.9 Å². The maximum absolute atomic E-state index is 11.5. The topological polar surface area (TPSA) is 35.5 Å². The molecule has 0 aliphatic heterocycles. The molecule has 0 aromatic heterocycles. The van der Waals surface area contributed by atoms with Crippen molar-refractivity contribution in [1.29, 1.82) is 0 Å². The van der Waals surface area contributed by atoms with Gasteiger partial charge in [-0.1, -0.05) is 71.1 Å². The van der Waals surface area contributed by atoms with Gasteiger partial charge in [-0.3, -0.25) is 4.89 Å². The van der Waals surface area contributed by atoms with Crippen LogP contribution in [0.4, 0.5) is 0 Å². The minimum atomic E-state index is -0.234. The van der Waals surface area contributed by atoms with Crippen molar-refractivity contribution in [2.24, 2.45) is 0 Å². The third-order valence-corrected chi connectivity index (χ3v) is 3.98. The fraction of sp³-hybridized carbons (Fsp3) is 0.947. The molecule has 4 nitrogen and oxygen atoms in total. The molecule has 0 heterocycles. The Morgan fingerprint density at radius 1 is 0.783 bits per heavy atom. The third-order valence-electron chi connectivity index (χ3n) is 3.98. The first-order valence-electron chi connectivity index (χ1n) is 9.58. The SMILES string of the molecule is CCCCCCCCCCCCCC(=O)OOCC[N+](C)(C)C. The third kappa shape index (κ3) is 19.3. The van der Waals surface area contributed by atoms with Gasteiger partial charge in [0.15, 0.2) is 0 Å². The molecular weight excluding hydrogens is 290 g/mol. The number of nitrogens with zero attached hydrogens (tertiary/aromatic N) is 1. The highest BCUT2D eigenvalue weighted by Crippen LogP contribution is 2.12. The molecule has 0 aromatic rings. The van der Waals surface area contributed by atoms with E-state index >= 15 is 0 Å². The lowest BCUT2D eigenvalue weighted by molar-refractivity contribution is -0.871. The van der Waals surface area contributed by atoms with Crippen LogP contribution in [0.2, 0.25) is 0 Å². The molecule has 0 atom stereocenters. The molecule has 0 bridgehead atoms. The molecule has 0 spiro atoms. The number of hydrogen-bond donors (Lipinski definition) is 0. The van der Waals surface area contributed by atoms with Crippen molar-refractivity contribution in [2.75, 3.05) is 34.3 Å². The molecule has 0 saturated carbocycles. The Morgan fingerprint density at radius 2 is 1.26 bits per heavy atom. The summed E-state index contributed by atoms with van der Waals surface area (Å²) in [6.45, 7) is 3.53. The number of rotatable bonds is 16. The molecule has 0 saturated heterocycles. The van der Waals surface area contributed by atoms with Crippen molar-refractivity contribution in [3.63, 3.8) is 0 Å². The van der Waals surface area contributed by atoms with Gasteiger partial charge in [0, 0.05) is 6.42 Å². The van der Waals surface area contributed by atoms with Crippen molar-refractivity contribution < 1.29 is 19.1 Å². The van der Waals surface area contributed by atoms with Crippen LogP contribution in [-0.4, -0.2) is 44.7 Å². The van der Waals surface area contributed by atoms with E-state index in [2.05, 4.69) is 28.1 Å². The van der Waals surface area contributed by atoms with Crippen LogP contribution < -0.4 is 0 Å². The Hall–Kier alpha value is -0.610. The largest absolute Gasteiger partial charge is 0.342 e. The number of unbranched alkanes of at least 4 members (excludes halogenated alkanes) is 10. The molecule has 0 radical (unpaired) electrons. The minimum Gasteiger partial charge on any atom is -0.329 e. The normalized spacial score (nSPS) is 11.7. The van der Waals surface area contributed by atoms with E-state index in [1.165, 1.54) is 57.8 Å². The van der Waals surface area contributed by atoms with Crippen LogP contribution in [0.3, 0.4) is 0 Å². The second-order valence-corrected chi connectivity index (χ2v) is 7.58. The molecule has 0 unspecified atom stereocenters. The van der Waals surface area contributed by atoms with E-state index in [4.69, 9.17) is 9.78 Å². The average Bonchev–Trinajstić information content (AvgIpc) is 2.48. The summed E-state index contributed by atoms with van der Waals surface area (Å²) in [7, 11) is 6.24. The van der Waals surface area contributed by atoms with Gasteiger partial charge in [-0.05, 0) is 6.42 Å². The monoisotopic (exact) mass is 330 g/mol. The summed E-state index contributed by atoms with van der Waals surface area (Å²) < 4.78 is 0.802. The van der Waals surface area contributed by atoms with E-state index in [0.29, 0.717) is 13.0 Å². The number of carbonyl (C=O) groups is 1. The summed E-state index contributed by atoms with van der Waals surface area (Å²) in [6.07, 6.45) is 14.6. The predicted octanol–water partition coefficient (Wildman–Crippen LogP) is 4.87. The number of carbonyl (C=O) groups excluding carboxylic acids is 1. The zero-order valence-electron chi connectivity index (χ0n) is 16.1. The highest BCUT2D eigenvalue weighted by Gasteiger charge is 2.08. The van der Waals surface area contributed by atoms with Crippen LogP contribution in [0.25, 0.3) is 0 Å². The van der Waals surface area contributed by atoms with Crippen molar-refractivity contribution >= 4 is 5.97 Å². The van der Waals surface area contributed by atoms with E-state index < -0.39 is 0 Å². The van der Waals surface area contributed by atoms with Gasteiger partial charge < -0.3 is 4.48 Å². The smallest absolute Gasteiger partial charge is 0.329 e. The van der Waals surface area contributed by atoms with Crippen LogP contribution in [0.15, 0.2) is 0 Å². The molecule has 138 valence electrons. The van der Waals surface area contributed by atoms with Crippen LogP contribution in [-0.2, 0) is 14.6 Å². The van der Waals surface area contributed by atoms with E-state index in [-0.39, 0.29) is 5.97 Å². The summed E-state index contributed by atoms with van der Waals surface area (Å²) in [6, 6.07) is 0. The van der Waals surface area contributed by atoms with Crippen LogP contribution >= 0.6 is 0 Å². The first-order valence-corrected chi connectivity index (χ1v) is 9.58. The number of likely N-dealkylation sites (N-methyl/N-ethyl adjacent to an activating group) is 1. The molecule has 23 heavy (non-hydrogen) atoms. The number of hydrogen-bond acceptors (Lipinski definition) is 3. The minimum absolute atomic E-state index is 0.234. The lowest BCUT2D eigenvalue weighted by atomic mass is 10.1. The maximum Gasteiger partial charge on any atom is 0.342 e. The van der Waals surface area contributed by atoms with Gasteiger partial charge in [-0.2, -0.15) is 4.89 Å². The van der Waals surface area contributed by atoms with Crippen molar-refractivity contribution in [3.05, 3.63) is 0 Å². The summed E-state index contributed by atoms with van der Waals surface area (Å²) in [5.74, 6) is -0.234. The molecule has 0 aromatic carbocycles. The summed E-state index contributed by atoms with van der Waals surface area (Å²) in [5.41, 5.74) is 0. The molecule has 0 aliphatic rings. The predicted molar refractivity (Wildman–Crippen MR) is 96.0 cm³/mol. The van der Waals surface area contributed by atoms with Crippen molar-refractivity contribution in [1.82, 2.24) is 0 Å². The van der Waals surface area contributed by atoms with Crippen molar-refractivity contribution in [2.45, 2.75) is 84.0 Å². The van der Waals surface area contributed by atoms with Gasteiger partial charge in [0.05, 0.1) is 21.1 Å². The van der Waals surface area contributed by atoms with Gasteiger partial charge in [-0.25, -0.2) is 4.79 Å². The zero-order valence-corrected chi connectivity index (χ0v) is 16.1. The lowest BCUT2D eigenvalue weighted by Gasteiger charge is -2.22. The Balaban J connectivity index is 3.20. The van der Waals surface area contributed by atoms with Crippen LogP contribution in [0.1, 0.15) is 84.0 Å². The standard InChI is InChI=1S/C19H40NO3/c1-5-6-7-8-9-10-11-12-13-14-15-16-19(21)23-22-18-17-20(2,3)4/h5-18H2,1-4H3/q+1. The Labute approximate surface area is 144 Å². The summed E-state index contributed by atoms with van der Waals surface area (Å²) in [5, 5.41) is 0. The highest BCUT2D eigenvalue weighted by molar-refractivity contribution is 5.68. The lowest BCUT2D eigenvalue weighted by Crippen LogP contribution is -2.37. The molecule has 4 heteroatoms. The molecule has 0 rings (SSSR count). The molecular formula is C19H40NO3+. The summed E-state index contributed by atoms with van der Waals surface area (Å²) >= 11 is 0. The van der Waals surface area contributed by atoms with E-state index in [1.54, 1.807) is 0 Å². The van der Waals surface area contributed by atoms with Crippen LogP contribution in [0, 0.1) is 0 Å². The second kappa shape index (κ2) is 14.9. The van der Waals surface area contributed by atoms with Crippen LogP contribution in [0.5, 0.6) is 0 Å². The van der Waals surface area contributed by atoms with Gasteiger partial charge in [0.25, 0.3) is 0 Å². The van der Waals surface area contributed by atoms with Gasteiger partial charge in [-0.15, -0.1) is 0 Å². The highest BCUT2D eigenvalue weighted by atomic mass is 17.2. The average molecular weight is 331 g/mol. The second-order valence-electron chi connectivity index (χ2n) is 7.58. The van der Waals surface area contributed by atoms with Gasteiger partial charge >= 0.3 is 5.97 Å². The zero-order chi connectivity index (χ0) is 17.4. The van der Waals surface area contributed by atoms with Gasteiger partial charge in [0.2, 0.25) is 0 Å². The quantitative estimate of drug-likeness (QED) is 0.175. The Morgan fingerprint density at radius 3 is 1.74 bits per heavy atom.